The number of oxazole rings is 1. The van der Waals surface area contributed by atoms with Gasteiger partial charge < -0.3 is 13.7 Å². The van der Waals surface area contributed by atoms with Crippen LogP contribution >= 0.6 is 23.2 Å². The number of nitrogens with zero attached hydrogens (tertiary/aromatic N) is 7. The first-order chi connectivity index (χ1) is 18.5. The summed E-state index contributed by atoms with van der Waals surface area (Å²) in [6, 6.07) is 9.58. The summed E-state index contributed by atoms with van der Waals surface area (Å²) < 4.78 is 8.84. The lowest BCUT2D eigenvalue weighted by atomic mass is 10.1. The Morgan fingerprint density at radius 3 is 2.66 bits per heavy atom. The molecule has 1 amide bonds. The highest BCUT2D eigenvalue weighted by Crippen LogP contribution is 2.37. The molecule has 0 radical (unpaired) electrons. The first-order valence-electron chi connectivity index (χ1n) is 11.9. The number of rotatable bonds is 4. The normalized spacial score (nSPS) is 13.9. The van der Waals surface area contributed by atoms with Gasteiger partial charge in [0.2, 0.25) is 0 Å². The SMILES string of the molecule is Cc1c(-c2c(Cl)cccc2Cl)nc2c3cc(-c4cnn(C5CN(C(=O)c6cocn6)C5)c4)cnc3ccn12. The zero-order chi connectivity index (χ0) is 26.0. The van der Waals surface area contributed by atoms with E-state index in [4.69, 9.17) is 37.6 Å². The van der Waals surface area contributed by atoms with Crippen LogP contribution < -0.4 is 0 Å². The third kappa shape index (κ3) is 3.58. The number of imidazole rings is 1. The van der Waals surface area contributed by atoms with Gasteiger partial charge in [-0.2, -0.15) is 5.10 Å². The zero-order valence-electron chi connectivity index (χ0n) is 20.0. The van der Waals surface area contributed by atoms with E-state index in [2.05, 4.69) is 16.1 Å². The van der Waals surface area contributed by atoms with Gasteiger partial charge in [-0.1, -0.05) is 29.3 Å². The summed E-state index contributed by atoms with van der Waals surface area (Å²) in [4.78, 5) is 27.7. The molecule has 188 valence electrons. The number of halogens is 2. The molecule has 38 heavy (non-hydrogen) atoms. The summed E-state index contributed by atoms with van der Waals surface area (Å²) in [5.41, 5.74) is 6.15. The molecule has 0 aliphatic carbocycles. The quantitative estimate of drug-likeness (QED) is 0.282. The van der Waals surface area contributed by atoms with E-state index in [9.17, 15) is 4.79 Å². The highest BCUT2D eigenvalue weighted by Gasteiger charge is 2.34. The van der Waals surface area contributed by atoms with Crippen molar-refractivity contribution in [1.29, 1.82) is 0 Å². The number of carbonyl (C=O) groups is 1. The fourth-order valence-electron chi connectivity index (χ4n) is 4.89. The molecular weight excluding hydrogens is 525 g/mol. The van der Waals surface area contributed by atoms with Gasteiger partial charge >= 0.3 is 0 Å². The molecule has 0 N–H and O–H groups in total. The van der Waals surface area contributed by atoms with Crippen LogP contribution in [0.15, 0.2) is 72.2 Å². The molecule has 6 heterocycles. The second-order valence-electron chi connectivity index (χ2n) is 9.26. The molecule has 1 aliphatic rings. The molecule has 9 nitrogen and oxygen atoms in total. The number of fused-ring (bicyclic) bond motifs is 3. The molecule has 0 unspecified atom stereocenters. The fraction of sp³-hybridized carbons (Fsp3) is 0.148. The van der Waals surface area contributed by atoms with E-state index in [1.165, 1.54) is 12.7 Å². The minimum atomic E-state index is -0.141. The van der Waals surface area contributed by atoms with E-state index < -0.39 is 0 Å². The number of benzene rings is 1. The summed E-state index contributed by atoms with van der Waals surface area (Å²) in [5.74, 6) is -0.141. The Kier molecular flexibility index (Phi) is 5.24. The Labute approximate surface area is 226 Å². The first-order valence-corrected chi connectivity index (χ1v) is 12.7. The molecular formula is C27H19Cl2N7O2. The van der Waals surface area contributed by atoms with Crippen LogP contribution in [-0.4, -0.2) is 53.0 Å². The van der Waals surface area contributed by atoms with Crippen molar-refractivity contribution in [1.82, 2.24) is 34.0 Å². The number of likely N-dealkylation sites (tertiary alicyclic amines) is 1. The predicted molar refractivity (Wildman–Crippen MR) is 143 cm³/mol. The number of hydrogen-bond donors (Lipinski definition) is 0. The van der Waals surface area contributed by atoms with Gasteiger partial charge in [0.15, 0.2) is 12.1 Å². The second kappa shape index (κ2) is 8.68. The van der Waals surface area contributed by atoms with Crippen molar-refractivity contribution < 1.29 is 9.21 Å². The van der Waals surface area contributed by atoms with E-state index in [1.807, 2.05) is 65.1 Å². The van der Waals surface area contributed by atoms with E-state index in [1.54, 1.807) is 4.90 Å². The van der Waals surface area contributed by atoms with E-state index in [0.29, 0.717) is 34.4 Å². The van der Waals surface area contributed by atoms with Crippen LogP contribution in [0.2, 0.25) is 10.0 Å². The molecule has 1 saturated heterocycles. The summed E-state index contributed by atoms with van der Waals surface area (Å²) in [7, 11) is 0. The number of hydrogen-bond acceptors (Lipinski definition) is 6. The zero-order valence-corrected chi connectivity index (χ0v) is 21.6. The van der Waals surface area contributed by atoms with Gasteiger partial charge in [0.1, 0.15) is 11.9 Å². The molecule has 0 spiro atoms. The summed E-state index contributed by atoms with van der Waals surface area (Å²) in [6.45, 7) is 3.12. The lowest BCUT2D eigenvalue weighted by molar-refractivity contribution is 0.0495. The number of aryl methyl sites for hydroxylation is 1. The Bertz CT molecular complexity index is 1830. The lowest BCUT2D eigenvalue weighted by Gasteiger charge is -2.38. The van der Waals surface area contributed by atoms with Gasteiger partial charge in [-0.3, -0.25) is 14.5 Å². The van der Waals surface area contributed by atoms with Crippen LogP contribution in [0.3, 0.4) is 0 Å². The van der Waals surface area contributed by atoms with Crippen LogP contribution in [0.1, 0.15) is 22.2 Å². The van der Waals surface area contributed by atoms with Crippen molar-refractivity contribution in [3.8, 4) is 22.4 Å². The average molecular weight is 544 g/mol. The summed E-state index contributed by atoms with van der Waals surface area (Å²) >= 11 is 13.0. The Balaban J connectivity index is 1.21. The standard InChI is InChI=1S/C27H19Cl2N7O2/c1-15-25(24-20(28)3-2-4-21(24)29)33-26-19-7-16(8-30-22(19)5-6-35(15)26)17-9-32-36(10-17)18-11-34(12-18)27(37)23-13-38-14-31-23/h2-10,13-14,18H,11-12H2,1H3. The maximum absolute atomic E-state index is 12.4. The molecule has 7 rings (SSSR count). The molecule has 0 atom stereocenters. The van der Waals surface area contributed by atoms with E-state index in [-0.39, 0.29) is 11.9 Å². The molecule has 0 bridgehead atoms. The van der Waals surface area contributed by atoms with Gasteiger partial charge in [-0.15, -0.1) is 0 Å². The summed E-state index contributed by atoms with van der Waals surface area (Å²) in [6.07, 6.45) is 10.2. The van der Waals surface area contributed by atoms with Crippen LogP contribution in [0.25, 0.3) is 38.9 Å². The highest BCUT2D eigenvalue weighted by atomic mass is 35.5. The fourth-order valence-corrected chi connectivity index (χ4v) is 5.47. The van der Waals surface area contributed by atoms with Crippen molar-refractivity contribution in [2.24, 2.45) is 0 Å². The molecule has 1 aliphatic heterocycles. The number of aromatic nitrogens is 6. The third-order valence-electron chi connectivity index (χ3n) is 7.00. The van der Waals surface area contributed by atoms with Gasteiger partial charge in [-0.05, 0) is 31.2 Å². The molecule has 0 saturated carbocycles. The highest BCUT2D eigenvalue weighted by molar-refractivity contribution is 6.39. The largest absolute Gasteiger partial charge is 0.451 e. The molecule has 1 fully saturated rings. The van der Waals surface area contributed by atoms with Crippen molar-refractivity contribution in [2.45, 2.75) is 13.0 Å². The minimum absolute atomic E-state index is 0.0950. The minimum Gasteiger partial charge on any atom is -0.451 e. The van der Waals surface area contributed by atoms with Crippen LogP contribution in [-0.2, 0) is 0 Å². The van der Waals surface area contributed by atoms with Crippen LogP contribution in [0, 0.1) is 6.92 Å². The van der Waals surface area contributed by atoms with Crippen molar-refractivity contribution in [3.05, 3.63) is 89.2 Å². The number of pyridine rings is 2. The first kappa shape index (κ1) is 22.9. The van der Waals surface area contributed by atoms with Crippen molar-refractivity contribution in [2.75, 3.05) is 13.1 Å². The van der Waals surface area contributed by atoms with Crippen LogP contribution in [0.4, 0.5) is 0 Å². The maximum Gasteiger partial charge on any atom is 0.275 e. The topological polar surface area (TPSA) is 94.3 Å². The molecule has 1 aromatic carbocycles. The number of amides is 1. The summed E-state index contributed by atoms with van der Waals surface area (Å²) in [5, 5.41) is 6.57. The van der Waals surface area contributed by atoms with E-state index >= 15 is 0 Å². The van der Waals surface area contributed by atoms with Crippen molar-refractivity contribution >= 4 is 45.7 Å². The maximum atomic E-state index is 12.4. The Hall–Kier alpha value is -4.21. The molecule has 11 heteroatoms. The van der Waals surface area contributed by atoms with Gasteiger partial charge in [0.25, 0.3) is 5.91 Å². The second-order valence-corrected chi connectivity index (χ2v) is 10.1. The predicted octanol–water partition coefficient (Wildman–Crippen LogP) is 5.71. The van der Waals surface area contributed by atoms with Crippen LogP contribution in [0.5, 0.6) is 0 Å². The Morgan fingerprint density at radius 2 is 1.89 bits per heavy atom. The van der Waals surface area contributed by atoms with Gasteiger partial charge in [0, 0.05) is 59.5 Å². The number of carbonyl (C=O) groups excluding carboxylic acids is 1. The average Bonchev–Trinajstić information content (AvgIpc) is 3.64. The van der Waals surface area contributed by atoms with Crippen molar-refractivity contribution in [3.63, 3.8) is 0 Å². The lowest BCUT2D eigenvalue weighted by Crippen LogP contribution is -2.50. The monoisotopic (exact) mass is 543 g/mol. The van der Waals surface area contributed by atoms with Gasteiger partial charge in [-0.25, -0.2) is 9.97 Å². The third-order valence-corrected chi connectivity index (χ3v) is 7.63. The Morgan fingerprint density at radius 1 is 1.08 bits per heavy atom. The molecule has 5 aromatic heterocycles. The van der Waals surface area contributed by atoms with E-state index in [0.717, 1.165) is 39.1 Å². The van der Waals surface area contributed by atoms with Gasteiger partial charge in [0.05, 0.1) is 33.5 Å². The smallest absolute Gasteiger partial charge is 0.275 e. The molecule has 6 aromatic rings.